The van der Waals surface area contributed by atoms with Crippen LogP contribution in [0.1, 0.15) is 25.7 Å². The van der Waals surface area contributed by atoms with Crippen molar-refractivity contribution in [1.82, 2.24) is 9.62 Å². The maximum absolute atomic E-state index is 12.8. The van der Waals surface area contributed by atoms with Crippen molar-refractivity contribution in [1.29, 1.82) is 0 Å². The van der Waals surface area contributed by atoms with Gasteiger partial charge in [-0.2, -0.15) is 4.31 Å². The topological polar surface area (TPSA) is 49.4 Å². The summed E-state index contributed by atoms with van der Waals surface area (Å²) in [4.78, 5) is 0.284. The van der Waals surface area contributed by atoms with Gasteiger partial charge in [0.25, 0.3) is 0 Å². The van der Waals surface area contributed by atoms with E-state index in [4.69, 9.17) is 11.6 Å². The molecule has 0 spiro atoms. The van der Waals surface area contributed by atoms with Gasteiger partial charge in [0.15, 0.2) is 0 Å². The number of piperidine rings is 1. The summed E-state index contributed by atoms with van der Waals surface area (Å²) < 4.78 is 27.7. The third kappa shape index (κ3) is 3.47. The summed E-state index contributed by atoms with van der Waals surface area (Å²) in [6.07, 6.45) is 4.09. The van der Waals surface area contributed by atoms with E-state index in [2.05, 4.69) is 21.2 Å². The van der Waals surface area contributed by atoms with Crippen LogP contribution in [0.2, 0.25) is 5.02 Å². The van der Waals surface area contributed by atoms with Gasteiger partial charge in [-0.3, -0.25) is 0 Å². The molecule has 2 aliphatic heterocycles. The lowest BCUT2D eigenvalue weighted by atomic mass is 10.0. The molecule has 8 heteroatoms. The molecule has 0 amide bonds. The van der Waals surface area contributed by atoms with Crippen molar-refractivity contribution in [2.45, 2.75) is 48.7 Å². The quantitative estimate of drug-likeness (QED) is 0.800. The maximum Gasteiger partial charge on any atom is 0.243 e. The van der Waals surface area contributed by atoms with Crippen molar-refractivity contribution >= 4 is 50.0 Å². The summed E-state index contributed by atoms with van der Waals surface area (Å²) in [5.74, 6) is 0. The van der Waals surface area contributed by atoms with Gasteiger partial charge in [0.1, 0.15) is 0 Å². The molecule has 2 saturated heterocycles. The third-order valence-corrected chi connectivity index (χ3v) is 7.65. The highest BCUT2D eigenvalue weighted by molar-refractivity contribution is 9.10. The maximum atomic E-state index is 12.8. The number of sulfonamides is 1. The molecule has 0 radical (unpaired) electrons. The molecule has 0 aromatic heterocycles. The highest BCUT2D eigenvalue weighted by Gasteiger charge is 2.38. The number of rotatable bonds is 3. The van der Waals surface area contributed by atoms with E-state index in [-0.39, 0.29) is 23.3 Å². The summed E-state index contributed by atoms with van der Waals surface area (Å²) in [6.45, 7) is 0. The minimum Gasteiger partial charge on any atom is -0.311 e. The van der Waals surface area contributed by atoms with Gasteiger partial charge in [-0.05, 0) is 59.8 Å². The highest BCUT2D eigenvalue weighted by Crippen LogP contribution is 2.33. The smallest absolute Gasteiger partial charge is 0.243 e. The van der Waals surface area contributed by atoms with Gasteiger partial charge in [0.2, 0.25) is 10.0 Å². The fraction of sp³-hybridized carbons (Fsp3) is 0.571. The minimum atomic E-state index is -3.48. The number of nitrogens with one attached hydrogen (secondary N) is 1. The average molecular weight is 430 g/mol. The first kappa shape index (κ1) is 18.5. The van der Waals surface area contributed by atoms with Gasteiger partial charge in [-0.1, -0.05) is 11.6 Å². The summed E-state index contributed by atoms with van der Waals surface area (Å²) in [6, 6.07) is 5.74. The molecule has 4 nitrogen and oxygen atoms in total. The van der Waals surface area contributed by atoms with Gasteiger partial charge in [-0.25, -0.2) is 8.42 Å². The Kier molecular flexibility index (Phi) is 5.84. The predicted octanol–water partition coefficient (Wildman–Crippen LogP) is 3.43. The van der Waals surface area contributed by atoms with Crippen molar-refractivity contribution in [3.63, 3.8) is 0 Å². The summed E-state index contributed by atoms with van der Waals surface area (Å²) in [7, 11) is -1.79. The van der Waals surface area contributed by atoms with Crippen LogP contribution in [0, 0.1) is 0 Å². The molecule has 22 heavy (non-hydrogen) atoms. The lowest BCUT2D eigenvalue weighted by molar-refractivity contribution is 0.251. The number of nitrogens with zero attached hydrogens (tertiary/aromatic N) is 1. The molecule has 2 aliphatic rings. The number of hydrogen-bond donors (Lipinski definition) is 1. The van der Waals surface area contributed by atoms with Crippen molar-refractivity contribution in [3.8, 4) is 0 Å². The van der Waals surface area contributed by atoms with Crippen LogP contribution >= 0.6 is 39.9 Å². The Morgan fingerprint density at radius 1 is 1.27 bits per heavy atom. The SMILES string of the molecule is CN(C1CC2CCC(C1)N2)S(=O)(=O)c1ccc(Cl)c(Br)c1.Cl. The van der Waals surface area contributed by atoms with E-state index in [1.54, 1.807) is 25.2 Å². The number of halogens is 3. The first-order chi connectivity index (χ1) is 9.88. The molecule has 0 aliphatic carbocycles. The molecule has 0 saturated carbocycles. The number of benzene rings is 1. The molecule has 1 N–H and O–H groups in total. The fourth-order valence-corrected chi connectivity index (χ4v) is 5.38. The number of fused-ring (bicyclic) bond motifs is 2. The second kappa shape index (κ2) is 6.95. The second-order valence-corrected chi connectivity index (χ2v) is 9.12. The van der Waals surface area contributed by atoms with Gasteiger partial charge in [0, 0.05) is 29.6 Å². The third-order valence-electron chi connectivity index (χ3n) is 4.53. The Hall–Kier alpha value is 0.150. The van der Waals surface area contributed by atoms with E-state index >= 15 is 0 Å². The summed E-state index contributed by atoms with van der Waals surface area (Å²) in [5.41, 5.74) is 0. The zero-order valence-electron chi connectivity index (χ0n) is 12.1. The molecule has 124 valence electrons. The Labute approximate surface area is 151 Å². The van der Waals surface area contributed by atoms with Gasteiger partial charge >= 0.3 is 0 Å². The normalized spacial score (nSPS) is 27.7. The first-order valence-corrected chi connectivity index (χ1v) is 9.68. The summed E-state index contributed by atoms with van der Waals surface area (Å²) in [5, 5.41) is 4.05. The lowest BCUT2D eigenvalue weighted by Gasteiger charge is -2.34. The van der Waals surface area contributed by atoms with Crippen LogP contribution in [-0.4, -0.2) is 37.9 Å². The van der Waals surface area contributed by atoms with Crippen LogP contribution < -0.4 is 5.32 Å². The molecule has 1 aromatic rings. The monoisotopic (exact) mass is 428 g/mol. The molecule has 2 bridgehead atoms. The van der Waals surface area contributed by atoms with Crippen molar-refractivity contribution in [2.24, 2.45) is 0 Å². The van der Waals surface area contributed by atoms with Gasteiger partial charge in [-0.15, -0.1) is 12.4 Å². The average Bonchev–Trinajstić information content (AvgIpc) is 2.79. The zero-order chi connectivity index (χ0) is 15.2. The second-order valence-electron chi connectivity index (χ2n) is 5.86. The molecular weight excluding hydrogens is 411 g/mol. The molecule has 2 heterocycles. The van der Waals surface area contributed by atoms with Crippen molar-refractivity contribution in [3.05, 3.63) is 27.7 Å². The van der Waals surface area contributed by atoms with Crippen molar-refractivity contribution in [2.75, 3.05) is 7.05 Å². The van der Waals surface area contributed by atoms with Crippen LogP contribution in [-0.2, 0) is 10.0 Å². The van der Waals surface area contributed by atoms with Crippen LogP contribution in [0.15, 0.2) is 27.6 Å². The molecule has 1 aromatic carbocycles. The van der Waals surface area contributed by atoms with Crippen LogP contribution in [0.25, 0.3) is 0 Å². The van der Waals surface area contributed by atoms with Gasteiger partial charge < -0.3 is 5.32 Å². The van der Waals surface area contributed by atoms with E-state index in [1.807, 2.05) is 0 Å². The largest absolute Gasteiger partial charge is 0.311 e. The highest BCUT2D eigenvalue weighted by atomic mass is 79.9. The molecular formula is C14H19BrCl2N2O2S. The minimum absolute atomic E-state index is 0. The van der Waals surface area contributed by atoms with Crippen LogP contribution in [0.4, 0.5) is 0 Å². The van der Waals surface area contributed by atoms with E-state index < -0.39 is 10.0 Å². The Balaban J connectivity index is 0.00000176. The molecule has 3 rings (SSSR count). The van der Waals surface area contributed by atoms with Crippen molar-refractivity contribution < 1.29 is 8.42 Å². The fourth-order valence-electron chi connectivity index (χ4n) is 3.32. The van der Waals surface area contributed by atoms with E-state index in [1.165, 1.54) is 4.31 Å². The first-order valence-electron chi connectivity index (χ1n) is 7.07. The molecule has 2 fully saturated rings. The summed E-state index contributed by atoms with van der Waals surface area (Å²) >= 11 is 9.23. The Morgan fingerprint density at radius 2 is 1.86 bits per heavy atom. The van der Waals surface area contributed by atoms with Crippen LogP contribution in [0.3, 0.4) is 0 Å². The van der Waals surface area contributed by atoms with Gasteiger partial charge in [0.05, 0.1) is 9.92 Å². The predicted molar refractivity (Wildman–Crippen MR) is 94.3 cm³/mol. The van der Waals surface area contributed by atoms with E-state index in [9.17, 15) is 8.42 Å². The Bertz CT molecular complexity index is 644. The van der Waals surface area contributed by atoms with Crippen LogP contribution in [0.5, 0.6) is 0 Å². The molecule has 2 atom stereocenters. The zero-order valence-corrected chi connectivity index (χ0v) is 16.1. The molecule has 2 unspecified atom stereocenters. The van der Waals surface area contributed by atoms with E-state index in [0.29, 0.717) is 21.6 Å². The van der Waals surface area contributed by atoms with E-state index in [0.717, 1.165) is 25.7 Å². The Morgan fingerprint density at radius 3 is 2.41 bits per heavy atom. The number of hydrogen-bond acceptors (Lipinski definition) is 3. The lowest BCUT2D eigenvalue weighted by Crippen LogP contribution is -2.48. The standard InChI is InChI=1S/C14H18BrClN2O2S.ClH/c1-18(11-6-9-2-3-10(7-11)17-9)21(19,20)12-4-5-14(16)13(15)8-12;/h4-5,8-11,17H,2-3,6-7H2,1H3;1H.